The average molecular weight is 233 g/mol. The second kappa shape index (κ2) is 5.39. The minimum absolute atomic E-state index is 0.107. The minimum atomic E-state index is -2.61. The van der Waals surface area contributed by atoms with Crippen LogP contribution >= 0.6 is 0 Å². The number of carbonyl (C=O) groups excluding carboxylic acids is 1. The summed E-state index contributed by atoms with van der Waals surface area (Å²) < 4.78 is 30.7. The van der Waals surface area contributed by atoms with Crippen LogP contribution in [0.2, 0.25) is 0 Å². The van der Waals surface area contributed by atoms with Gasteiger partial charge in [0, 0.05) is 18.5 Å². The summed E-state index contributed by atoms with van der Waals surface area (Å²) in [4.78, 5) is 12.6. The lowest BCUT2D eigenvalue weighted by Crippen LogP contribution is -2.45. The topological polar surface area (TPSA) is 29.5 Å². The van der Waals surface area contributed by atoms with Crippen LogP contribution in [0.3, 0.4) is 0 Å². The monoisotopic (exact) mass is 233 g/mol. The first-order chi connectivity index (χ1) is 7.44. The van der Waals surface area contributed by atoms with Crippen LogP contribution in [0.15, 0.2) is 12.2 Å². The van der Waals surface area contributed by atoms with Crippen LogP contribution in [0, 0.1) is 0 Å². The molecule has 0 aromatic carbocycles. The molecule has 0 spiro atoms. The van der Waals surface area contributed by atoms with Gasteiger partial charge in [-0.15, -0.1) is 0 Å². The third kappa shape index (κ3) is 3.89. The zero-order valence-electron chi connectivity index (χ0n) is 9.58. The number of carbonyl (C=O) groups is 1. The molecule has 1 aliphatic heterocycles. The molecule has 0 aliphatic carbocycles. The van der Waals surface area contributed by atoms with Crippen LogP contribution < -0.4 is 0 Å². The van der Waals surface area contributed by atoms with Gasteiger partial charge in [0.1, 0.15) is 0 Å². The normalized spacial score (nSPS) is 25.9. The number of hydrogen-bond donors (Lipinski definition) is 0. The Balaban J connectivity index is 2.47. The molecular weight excluding hydrogens is 216 g/mol. The van der Waals surface area contributed by atoms with Crippen molar-refractivity contribution in [3.8, 4) is 0 Å². The van der Waals surface area contributed by atoms with E-state index < -0.39 is 11.9 Å². The highest BCUT2D eigenvalue weighted by Gasteiger charge is 2.37. The van der Waals surface area contributed by atoms with E-state index in [1.165, 1.54) is 6.08 Å². The molecule has 0 radical (unpaired) electrons. The van der Waals surface area contributed by atoms with Gasteiger partial charge in [-0.2, -0.15) is 0 Å². The number of piperidine rings is 1. The maximum absolute atomic E-state index is 13.0. The Hall–Kier alpha value is -0.970. The molecule has 1 atom stereocenters. The number of rotatable bonds is 3. The summed E-state index contributed by atoms with van der Waals surface area (Å²) in [5.74, 6) is -3.03. The summed E-state index contributed by atoms with van der Waals surface area (Å²) in [6.45, 7) is 1.78. The molecule has 0 bridgehead atoms. The van der Waals surface area contributed by atoms with Gasteiger partial charge in [0.2, 0.25) is 0 Å². The maximum Gasteiger partial charge on any atom is 0.330 e. The number of likely N-dealkylation sites (tertiary alicyclic amines) is 1. The predicted molar refractivity (Wildman–Crippen MR) is 56.4 cm³/mol. The number of nitrogens with zero attached hydrogens (tertiary/aromatic N) is 1. The van der Waals surface area contributed by atoms with E-state index in [0.717, 1.165) is 0 Å². The van der Waals surface area contributed by atoms with Gasteiger partial charge >= 0.3 is 5.97 Å². The highest BCUT2D eigenvalue weighted by Crippen LogP contribution is 2.29. The van der Waals surface area contributed by atoms with E-state index in [2.05, 4.69) is 0 Å². The third-order valence-corrected chi connectivity index (χ3v) is 2.59. The molecule has 16 heavy (non-hydrogen) atoms. The highest BCUT2D eigenvalue weighted by molar-refractivity contribution is 5.81. The largest absolute Gasteiger partial charge is 0.463 e. The zero-order chi connectivity index (χ0) is 12.2. The second-order valence-electron chi connectivity index (χ2n) is 3.99. The predicted octanol–water partition coefficient (Wildman–Crippen LogP) is 1.84. The Morgan fingerprint density at radius 3 is 2.88 bits per heavy atom. The first-order valence-electron chi connectivity index (χ1n) is 5.37. The number of likely N-dealkylation sites (N-methyl/N-ethyl adjacent to an activating group) is 1. The SMILES string of the molecule is CCOC(=O)/C=C/C1CCC(F)(F)CN1C. The lowest BCUT2D eigenvalue weighted by Gasteiger charge is -2.35. The van der Waals surface area contributed by atoms with Gasteiger partial charge in [-0.05, 0) is 20.4 Å². The molecule has 0 aromatic rings. The molecule has 1 saturated heterocycles. The van der Waals surface area contributed by atoms with Crippen LogP contribution in [0.25, 0.3) is 0 Å². The minimum Gasteiger partial charge on any atom is -0.463 e. The van der Waals surface area contributed by atoms with Gasteiger partial charge in [0.15, 0.2) is 0 Å². The Morgan fingerprint density at radius 2 is 2.31 bits per heavy atom. The Kier molecular flexibility index (Phi) is 4.41. The molecular formula is C11H17F2NO2. The second-order valence-corrected chi connectivity index (χ2v) is 3.99. The van der Waals surface area contributed by atoms with Crippen molar-refractivity contribution < 1.29 is 18.3 Å². The molecule has 5 heteroatoms. The van der Waals surface area contributed by atoms with Crippen LogP contribution in [0.4, 0.5) is 8.78 Å². The molecule has 1 aliphatic rings. The van der Waals surface area contributed by atoms with Crippen molar-refractivity contribution in [3.63, 3.8) is 0 Å². The fourth-order valence-corrected chi connectivity index (χ4v) is 1.76. The van der Waals surface area contributed by atoms with Gasteiger partial charge in [-0.1, -0.05) is 6.08 Å². The lowest BCUT2D eigenvalue weighted by molar-refractivity contribution is -0.137. The van der Waals surface area contributed by atoms with E-state index >= 15 is 0 Å². The summed E-state index contributed by atoms with van der Waals surface area (Å²) >= 11 is 0. The van der Waals surface area contributed by atoms with E-state index in [4.69, 9.17) is 4.74 Å². The van der Waals surface area contributed by atoms with Crippen LogP contribution in [0.5, 0.6) is 0 Å². The smallest absolute Gasteiger partial charge is 0.330 e. The molecule has 0 aromatic heterocycles. The highest BCUT2D eigenvalue weighted by atomic mass is 19.3. The Labute approximate surface area is 94.1 Å². The summed E-state index contributed by atoms with van der Waals surface area (Å²) in [6, 6.07) is -0.107. The van der Waals surface area contributed by atoms with Crippen molar-refractivity contribution in [2.75, 3.05) is 20.2 Å². The van der Waals surface area contributed by atoms with Crippen LogP contribution in [0.1, 0.15) is 19.8 Å². The molecule has 0 N–H and O–H groups in total. The van der Waals surface area contributed by atoms with E-state index in [0.29, 0.717) is 13.0 Å². The molecule has 3 nitrogen and oxygen atoms in total. The molecule has 1 fully saturated rings. The van der Waals surface area contributed by atoms with E-state index in [1.807, 2.05) is 0 Å². The molecule has 1 unspecified atom stereocenters. The van der Waals surface area contributed by atoms with Crippen molar-refractivity contribution >= 4 is 5.97 Å². The maximum atomic E-state index is 13.0. The van der Waals surface area contributed by atoms with Gasteiger partial charge in [-0.25, -0.2) is 13.6 Å². The summed E-state index contributed by atoms with van der Waals surface area (Å²) in [7, 11) is 1.63. The average Bonchev–Trinajstić information content (AvgIpc) is 2.15. The first-order valence-corrected chi connectivity index (χ1v) is 5.37. The summed E-state index contributed by atoms with van der Waals surface area (Å²) in [5, 5.41) is 0. The fraction of sp³-hybridized carbons (Fsp3) is 0.727. The number of halogens is 2. The van der Waals surface area contributed by atoms with Gasteiger partial charge < -0.3 is 4.74 Å². The van der Waals surface area contributed by atoms with Gasteiger partial charge in [0.25, 0.3) is 5.92 Å². The molecule has 1 heterocycles. The molecule has 92 valence electrons. The van der Waals surface area contributed by atoms with E-state index in [9.17, 15) is 13.6 Å². The molecule has 1 rings (SSSR count). The van der Waals surface area contributed by atoms with Crippen molar-refractivity contribution in [2.24, 2.45) is 0 Å². The zero-order valence-corrected chi connectivity index (χ0v) is 9.58. The van der Waals surface area contributed by atoms with Gasteiger partial charge in [0.05, 0.1) is 13.2 Å². The van der Waals surface area contributed by atoms with Crippen molar-refractivity contribution in [1.29, 1.82) is 0 Å². The Bertz CT molecular complexity index is 279. The molecule has 0 saturated carbocycles. The van der Waals surface area contributed by atoms with Crippen LogP contribution in [-0.4, -0.2) is 43.0 Å². The summed E-state index contributed by atoms with van der Waals surface area (Å²) in [6.07, 6.45) is 3.18. The first kappa shape index (κ1) is 13.1. The van der Waals surface area contributed by atoms with E-state index in [-0.39, 0.29) is 19.0 Å². The van der Waals surface area contributed by atoms with Gasteiger partial charge in [-0.3, -0.25) is 4.90 Å². The van der Waals surface area contributed by atoms with Crippen molar-refractivity contribution in [2.45, 2.75) is 31.7 Å². The van der Waals surface area contributed by atoms with Crippen LogP contribution in [-0.2, 0) is 9.53 Å². The number of esters is 1. The number of alkyl halides is 2. The van der Waals surface area contributed by atoms with Crippen molar-refractivity contribution in [3.05, 3.63) is 12.2 Å². The van der Waals surface area contributed by atoms with E-state index in [1.54, 1.807) is 24.9 Å². The fourth-order valence-electron chi connectivity index (χ4n) is 1.76. The van der Waals surface area contributed by atoms with Crippen molar-refractivity contribution in [1.82, 2.24) is 4.90 Å². The quantitative estimate of drug-likeness (QED) is 0.550. The number of hydrogen-bond acceptors (Lipinski definition) is 3. The Morgan fingerprint density at radius 1 is 1.62 bits per heavy atom. The summed E-state index contributed by atoms with van der Waals surface area (Å²) in [5.41, 5.74) is 0. The molecule has 0 amide bonds. The standard InChI is InChI=1S/C11H17F2NO2/c1-3-16-10(15)5-4-9-6-7-11(12,13)8-14(9)2/h4-5,9H,3,6-8H2,1-2H3/b5-4+. The third-order valence-electron chi connectivity index (χ3n) is 2.59. The number of ether oxygens (including phenoxy) is 1. The lowest BCUT2D eigenvalue weighted by atomic mass is 10.00.